The molecule has 0 saturated carbocycles. The molecule has 178 valence electrons. The van der Waals surface area contributed by atoms with Gasteiger partial charge in [-0.15, -0.1) is 0 Å². The van der Waals surface area contributed by atoms with Crippen LogP contribution in [0.3, 0.4) is 0 Å². The molecule has 5 rings (SSSR count). The van der Waals surface area contributed by atoms with Crippen molar-refractivity contribution in [1.29, 1.82) is 5.26 Å². The monoisotopic (exact) mass is 586 g/mol. The van der Waals surface area contributed by atoms with Crippen LogP contribution >= 0.6 is 22.6 Å². The molecule has 0 radical (unpaired) electrons. The van der Waals surface area contributed by atoms with E-state index in [1.807, 2.05) is 25.1 Å². The Labute approximate surface area is 214 Å². The van der Waals surface area contributed by atoms with E-state index >= 15 is 0 Å². The Balaban J connectivity index is 1.56. The van der Waals surface area contributed by atoms with Gasteiger partial charge >= 0.3 is 0 Å². The predicted molar refractivity (Wildman–Crippen MR) is 133 cm³/mol. The smallest absolute Gasteiger partial charge is 0.231 e. The van der Waals surface area contributed by atoms with Gasteiger partial charge in [0.25, 0.3) is 0 Å². The van der Waals surface area contributed by atoms with Gasteiger partial charge in [0, 0.05) is 11.6 Å². The molecular weight excluding hydrogens is 566 g/mol. The summed E-state index contributed by atoms with van der Waals surface area (Å²) in [5, 5.41) is 9.93. The van der Waals surface area contributed by atoms with Crippen molar-refractivity contribution in [3.05, 3.63) is 86.1 Å². The first-order valence-corrected chi connectivity index (χ1v) is 11.9. The Hall–Kier alpha value is -3.65. The van der Waals surface area contributed by atoms with Crippen LogP contribution in [0.2, 0.25) is 0 Å². The second kappa shape index (κ2) is 9.54. The maximum absolute atomic E-state index is 13.2. The molecule has 0 unspecified atom stereocenters. The zero-order valence-corrected chi connectivity index (χ0v) is 20.8. The minimum absolute atomic E-state index is 0.0356. The Morgan fingerprint density at radius 2 is 1.83 bits per heavy atom. The number of allylic oxidation sites excluding steroid dienone is 1. The number of hydrogen-bond donors (Lipinski definition) is 1. The maximum atomic E-state index is 13.2. The topological polar surface area (TPSA) is 96.0 Å². The van der Waals surface area contributed by atoms with Gasteiger partial charge in [-0.3, -0.25) is 0 Å². The molecule has 3 aromatic carbocycles. The summed E-state index contributed by atoms with van der Waals surface area (Å²) in [5.74, 6) is 1.96. The molecule has 0 amide bonds. The molecule has 0 bridgehead atoms. The van der Waals surface area contributed by atoms with E-state index in [-0.39, 0.29) is 30.7 Å². The molecule has 3 aromatic rings. The fourth-order valence-corrected chi connectivity index (χ4v) is 4.86. The molecule has 0 aromatic heterocycles. The lowest BCUT2D eigenvalue weighted by Gasteiger charge is -2.27. The Morgan fingerprint density at radius 1 is 1.09 bits per heavy atom. The van der Waals surface area contributed by atoms with Crippen LogP contribution in [0.15, 0.2) is 60.0 Å². The Kier molecular flexibility index (Phi) is 6.30. The van der Waals surface area contributed by atoms with Crippen molar-refractivity contribution in [3.8, 4) is 34.8 Å². The van der Waals surface area contributed by atoms with Crippen molar-refractivity contribution in [1.82, 2.24) is 0 Å². The van der Waals surface area contributed by atoms with Crippen LogP contribution in [0.1, 0.15) is 29.5 Å². The van der Waals surface area contributed by atoms with Gasteiger partial charge in [-0.1, -0.05) is 12.1 Å². The summed E-state index contributed by atoms with van der Waals surface area (Å²) in [7, 11) is 0. The van der Waals surface area contributed by atoms with Gasteiger partial charge < -0.3 is 29.4 Å². The van der Waals surface area contributed by atoms with Crippen LogP contribution < -0.4 is 29.4 Å². The number of ether oxygens (including phenoxy) is 5. The van der Waals surface area contributed by atoms with E-state index in [4.69, 9.17) is 29.4 Å². The molecule has 2 N–H and O–H groups in total. The van der Waals surface area contributed by atoms with E-state index in [1.54, 1.807) is 18.2 Å². The summed E-state index contributed by atoms with van der Waals surface area (Å²) in [6.07, 6.45) is 0. The molecular formula is C26H20FIN2O5. The first-order valence-electron chi connectivity index (χ1n) is 10.8. The Morgan fingerprint density at radius 3 is 2.54 bits per heavy atom. The van der Waals surface area contributed by atoms with Crippen molar-refractivity contribution in [3.63, 3.8) is 0 Å². The van der Waals surface area contributed by atoms with E-state index in [0.29, 0.717) is 35.4 Å². The molecule has 9 heteroatoms. The number of nitrogens with zero attached hydrogens (tertiary/aromatic N) is 1. The van der Waals surface area contributed by atoms with Gasteiger partial charge in [-0.2, -0.15) is 5.26 Å². The van der Waals surface area contributed by atoms with Gasteiger partial charge in [0.05, 0.1) is 16.1 Å². The fraction of sp³-hybridized carbons (Fsp3) is 0.192. The number of nitriles is 1. The van der Waals surface area contributed by atoms with Crippen LogP contribution in [0.5, 0.6) is 28.7 Å². The van der Waals surface area contributed by atoms with Crippen molar-refractivity contribution in [2.45, 2.75) is 19.4 Å². The minimum atomic E-state index is -0.503. The Bertz CT molecular complexity index is 1370. The zero-order valence-electron chi connectivity index (χ0n) is 18.6. The highest BCUT2D eigenvalue weighted by Gasteiger charge is 2.34. The molecule has 2 aliphatic rings. The molecule has 0 aliphatic carbocycles. The number of hydrogen-bond acceptors (Lipinski definition) is 7. The lowest BCUT2D eigenvalue weighted by atomic mass is 9.83. The predicted octanol–water partition coefficient (Wildman–Crippen LogP) is 5.35. The lowest BCUT2D eigenvalue weighted by Crippen LogP contribution is -2.21. The third-order valence-corrected chi connectivity index (χ3v) is 6.47. The van der Waals surface area contributed by atoms with E-state index in [1.165, 1.54) is 12.1 Å². The first-order chi connectivity index (χ1) is 17.0. The van der Waals surface area contributed by atoms with Crippen molar-refractivity contribution in [2.75, 3.05) is 13.4 Å². The standard InChI is InChI=1S/C26H20FIN2O5/c1-2-31-23-8-15(7-19(28)25(23)32-12-14-3-5-16(27)6-4-14)24-17-9-21-22(34-13-33-21)10-20(17)35-26(30)18(24)11-29/h3-10,24H,2,12-13,30H2,1H3/t24-/m1/s1. The number of nitrogens with two attached hydrogens (primary N) is 1. The molecule has 7 nitrogen and oxygen atoms in total. The van der Waals surface area contributed by atoms with Gasteiger partial charge in [-0.25, -0.2) is 4.39 Å². The van der Waals surface area contributed by atoms with E-state index in [9.17, 15) is 9.65 Å². The van der Waals surface area contributed by atoms with Crippen LogP contribution in [-0.2, 0) is 6.61 Å². The molecule has 2 heterocycles. The minimum Gasteiger partial charge on any atom is -0.490 e. The van der Waals surface area contributed by atoms with Crippen molar-refractivity contribution < 1.29 is 28.1 Å². The molecule has 35 heavy (non-hydrogen) atoms. The summed E-state index contributed by atoms with van der Waals surface area (Å²) >= 11 is 2.18. The third kappa shape index (κ3) is 4.41. The maximum Gasteiger partial charge on any atom is 0.231 e. The number of rotatable bonds is 6. The number of halogens is 2. The second-order valence-corrected chi connectivity index (χ2v) is 9.01. The van der Waals surface area contributed by atoms with Gasteiger partial charge in [0.1, 0.15) is 29.8 Å². The van der Waals surface area contributed by atoms with Crippen molar-refractivity contribution in [2.24, 2.45) is 5.73 Å². The van der Waals surface area contributed by atoms with Crippen LogP contribution in [0.4, 0.5) is 4.39 Å². The molecule has 1 atom stereocenters. The van der Waals surface area contributed by atoms with Crippen LogP contribution in [0.25, 0.3) is 0 Å². The van der Waals surface area contributed by atoms with Crippen LogP contribution in [0, 0.1) is 20.7 Å². The van der Waals surface area contributed by atoms with Gasteiger partial charge in [-0.05, 0) is 71.0 Å². The summed E-state index contributed by atoms with van der Waals surface area (Å²) in [6.45, 7) is 2.66. The highest BCUT2D eigenvalue weighted by Crippen LogP contribution is 2.49. The number of benzene rings is 3. The summed E-state index contributed by atoms with van der Waals surface area (Å²) in [5.41, 5.74) is 8.78. The van der Waals surface area contributed by atoms with E-state index in [0.717, 1.165) is 20.3 Å². The molecule has 2 aliphatic heterocycles. The fourth-order valence-electron chi connectivity index (χ4n) is 4.08. The SMILES string of the molecule is CCOc1cc([C@H]2C(C#N)=C(N)Oc3cc4c(cc32)OCO4)cc(I)c1OCc1ccc(F)cc1. The second-order valence-electron chi connectivity index (χ2n) is 7.85. The average molecular weight is 586 g/mol. The first kappa shape index (κ1) is 23.1. The van der Waals surface area contributed by atoms with Gasteiger partial charge in [0.15, 0.2) is 23.0 Å². The number of fused-ring (bicyclic) bond motifs is 2. The molecule has 0 fully saturated rings. The quantitative estimate of drug-likeness (QED) is 0.389. The lowest BCUT2D eigenvalue weighted by molar-refractivity contribution is 0.174. The zero-order chi connectivity index (χ0) is 24.5. The van der Waals surface area contributed by atoms with E-state index in [2.05, 4.69) is 28.7 Å². The molecule has 0 saturated heterocycles. The summed E-state index contributed by atoms with van der Waals surface area (Å²) < 4.78 is 42.8. The average Bonchev–Trinajstić information content (AvgIpc) is 3.30. The highest BCUT2D eigenvalue weighted by molar-refractivity contribution is 14.1. The van der Waals surface area contributed by atoms with Gasteiger partial charge in [0.2, 0.25) is 12.7 Å². The largest absolute Gasteiger partial charge is 0.490 e. The normalized spacial score (nSPS) is 15.8. The summed E-state index contributed by atoms with van der Waals surface area (Å²) in [4.78, 5) is 0. The summed E-state index contributed by atoms with van der Waals surface area (Å²) in [6, 6.07) is 15.7. The van der Waals surface area contributed by atoms with Crippen LogP contribution in [-0.4, -0.2) is 13.4 Å². The van der Waals surface area contributed by atoms with Crippen molar-refractivity contribution >= 4 is 22.6 Å². The highest BCUT2D eigenvalue weighted by atomic mass is 127. The van der Waals surface area contributed by atoms with E-state index < -0.39 is 5.92 Å². The third-order valence-electron chi connectivity index (χ3n) is 5.67. The molecule has 0 spiro atoms.